The van der Waals surface area contributed by atoms with Gasteiger partial charge in [-0.15, -0.1) is 0 Å². The van der Waals surface area contributed by atoms with Crippen LogP contribution in [0.3, 0.4) is 0 Å². The average Bonchev–Trinajstić information content (AvgIpc) is 3.57. The number of rotatable bonds is 8. The normalized spacial score (nSPS) is 14.8. The van der Waals surface area contributed by atoms with Crippen LogP contribution in [0.2, 0.25) is 0 Å². The smallest absolute Gasteiger partial charge is 0.271 e. The summed E-state index contributed by atoms with van der Waals surface area (Å²) in [4.78, 5) is 17.7. The minimum atomic E-state index is -0.176. The zero-order chi connectivity index (χ0) is 23.2. The van der Waals surface area contributed by atoms with Gasteiger partial charge in [0, 0.05) is 51.9 Å². The van der Waals surface area contributed by atoms with Crippen LogP contribution in [0.4, 0.5) is 0 Å². The second kappa shape index (κ2) is 10.5. The maximum Gasteiger partial charge on any atom is 0.271 e. The van der Waals surface area contributed by atoms with Crippen molar-refractivity contribution in [3.8, 4) is 17.1 Å². The van der Waals surface area contributed by atoms with Crippen LogP contribution in [0.5, 0.6) is 0 Å². The molecule has 3 heterocycles. The minimum absolute atomic E-state index is 0.176. The number of amides is 1. The molecule has 0 atom stereocenters. The summed E-state index contributed by atoms with van der Waals surface area (Å²) < 4.78 is 7.33. The van der Waals surface area contributed by atoms with E-state index in [9.17, 15) is 4.79 Å². The summed E-state index contributed by atoms with van der Waals surface area (Å²) in [6, 6.07) is 25.8. The lowest BCUT2D eigenvalue weighted by atomic mass is 10.2. The van der Waals surface area contributed by atoms with E-state index in [4.69, 9.17) is 4.42 Å². The highest BCUT2D eigenvalue weighted by molar-refractivity contribution is 5.93. The van der Waals surface area contributed by atoms with Crippen molar-refractivity contribution in [1.82, 2.24) is 24.9 Å². The summed E-state index contributed by atoms with van der Waals surface area (Å²) in [6.07, 6.45) is 1.62. The first-order valence-electron chi connectivity index (χ1n) is 11.7. The molecule has 1 N–H and O–H groups in total. The van der Waals surface area contributed by atoms with E-state index in [-0.39, 0.29) is 5.91 Å². The fourth-order valence-corrected chi connectivity index (χ4v) is 4.29. The largest absolute Gasteiger partial charge is 0.463 e. The Labute approximate surface area is 199 Å². The predicted octanol–water partition coefficient (Wildman–Crippen LogP) is 3.68. The summed E-state index contributed by atoms with van der Waals surface area (Å²) in [7, 11) is 0. The maximum atomic E-state index is 12.9. The molecule has 0 unspecified atom stereocenters. The topological polar surface area (TPSA) is 66.5 Å². The molecule has 0 bridgehead atoms. The molecule has 1 saturated heterocycles. The first-order valence-corrected chi connectivity index (χ1v) is 11.7. The van der Waals surface area contributed by atoms with E-state index < -0.39 is 0 Å². The molecule has 2 aromatic heterocycles. The number of hydrogen-bond donors (Lipinski definition) is 1. The molecule has 1 aliphatic heterocycles. The molecule has 174 valence electrons. The highest BCUT2D eigenvalue weighted by Gasteiger charge is 2.20. The van der Waals surface area contributed by atoms with E-state index in [2.05, 4.69) is 50.5 Å². The molecule has 1 amide bonds. The number of nitrogens with zero attached hydrogens (tertiary/aromatic N) is 4. The number of nitrogens with one attached hydrogen (secondary N) is 1. The van der Waals surface area contributed by atoms with Crippen molar-refractivity contribution in [2.45, 2.75) is 6.54 Å². The number of hydrogen-bond acceptors (Lipinski definition) is 5. The summed E-state index contributed by atoms with van der Waals surface area (Å²) in [6.45, 7) is 6.50. The highest BCUT2D eigenvalue weighted by Crippen LogP contribution is 2.24. The number of furan rings is 1. The number of aromatic nitrogens is 2. The Hall–Kier alpha value is -3.68. The zero-order valence-electron chi connectivity index (χ0n) is 19.1. The van der Waals surface area contributed by atoms with Gasteiger partial charge >= 0.3 is 0 Å². The molecule has 1 aliphatic rings. The molecule has 7 nitrogen and oxygen atoms in total. The quantitative estimate of drug-likeness (QED) is 0.439. The Morgan fingerprint density at radius 1 is 0.882 bits per heavy atom. The van der Waals surface area contributed by atoms with Crippen molar-refractivity contribution < 1.29 is 9.21 Å². The van der Waals surface area contributed by atoms with Crippen molar-refractivity contribution in [2.75, 3.05) is 39.3 Å². The van der Waals surface area contributed by atoms with Crippen LogP contribution in [0, 0.1) is 0 Å². The van der Waals surface area contributed by atoms with E-state index in [0.29, 0.717) is 18.0 Å². The van der Waals surface area contributed by atoms with Crippen LogP contribution in [-0.2, 0) is 6.54 Å². The maximum absolute atomic E-state index is 12.9. The molecule has 0 aliphatic carbocycles. The summed E-state index contributed by atoms with van der Waals surface area (Å²) in [5.74, 6) is 0.494. The molecule has 1 fully saturated rings. The van der Waals surface area contributed by atoms with Crippen molar-refractivity contribution in [2.24, 2.45) is 0 Å². The lowest BCUT2D eigenvalue weighted by Crippen LogP contribution is -2.48. The number of para-hydroxylation sites is 1. The molecular weight excluding hydrogens is 426 g/mol. The van der Waals surface area contributed by atoms with Crippen molar-refractivity contribution in [3.63, 3.8) is 0 Å². The van der Waals surface area contributed by atoms with E-state index in [1.165, 1.54) is 5.56 Å². The van der Waals surface area contributed by atoms with Crippen LogP contribution in [-0.4, -0.2) is 64.8 Å². The van der Waals surface area contributed by atoms with Crippen molar-refractivity contribution >= 4 is 5.91 Å². The fourth-order valence-electron chi connectivity index (χ4n) is 4.29. The molecule has 4 aromatic rings. The second-order valence-corrected chi connectivity index (χ2v) is 8.50. The third-order valence-corrected chi connectivity index (χ3v) is 6.14. The second-order valence-electron chi connectivity index (χ2n) is 8.50. The molecule has 7 heteroatoms. The Morgan fingerprint density at radius 3 is 2.29 bits per heavy atom. The third kappa shape index (κ3) is 5.27. The SMILES string of the molecule is O=C(NCCN1CCN(Cc2ccccc2)CC1)c1cc(-c2ccco2)n(-c2ccccc2)n1. The van der Waals surface area contributed by atoms with Gasteiger partial charge in [-0.05, 0) is 29.8 Å². The Morgan fingerprint density at radius 2 is 1.59 bits per heavy atom. The van der Waals surface area contributed by atoms with Crippen LogP contribution in [0.15, 0.2) is 89.5 Å². The highest BCUT2D eigenvalue weighted by atomic mass is 16.3. The van der Waals surface area contributed by atoms with Gasteiger partial charge in [0.2, 0.25) is 0 Å². The Bertz CT molecular complexity index is 1180. The van der Waals surface area contributed by atoms with Gasteiger partial charge in [0.25, 0.3) is 5.91 Å². The fraction of sp³-hybridized carbons (Fsp3) is 0.259. The lowest BCUT2D eigenvalue weighted by molar-refractivity contribution is 0.0929. The van der Waals surface area contributed by atoms with Gasteiger partial charge in [0.05, 0.1) is 12.0 Å². The molecule has 2 aromatic carbocycles. The zero-order valence-corrected chi connectivity index (χ0v) is 19.1. The van der Waals surface area contributed by atoms with Gasteiger partial charge in [-0.2, -0.15) is 5.10 Å². The average molecular weight is 456 g/mol. The number of benzene rings is 2. The Balaban J connectivity index is 1.15. The lowest BCUT2D eigenvalue weighted by Gasteiger charge is -2.34. The predicted molar refractivity (Wildman–Crippen MR) is 132 cm³/mol. The van der Waals surface area contributed by atoms with Gasteiger partial charge in [-0.25, -0.2) is 4.68 Å². The standard InChI is InChI=1S/C27H29N5O2/c33-27(28-13-14-30-15-17-31(18-16-30)21-22-8-3-1-4-9-22)24-20-25(26-12-7-19-34-26)32(29-24)23-10-5-2-6-11-23/h1-12,19-20H,13-18,21H2,(H,28,33). The first kappa shape index (κ1) is 22.1. The van der Waals surface area contributed by atoms with Crippen LogP contribution in [0.1, 0.15) is 16.1 Å². The number of piperazine rings is 1. The molecule has 5 rings (SSSR count). The van der Waals surface area contributed by atoms with Crippen LogP contribution in [0.25, 0.3) is 17.1 Å². The van der Waals surface area contributed by atoms with Crippen molar-refractivity contribution in [3.05, 3.63) is 96.4 Å². The van der Waals surface area contributed by atoms with E-state index >= 15 is 0 Å². The van der Waals surface area contributed by atoms with E-state index in [1.807, 2.05) is 42.5 Å². The summed E-state index contributed by atoms with van der Waals surface area (Å²) in [5, 5.41) is 7.61. The van der Waals surface area contributed by atoms with Crippen molar-refractivity contribution in [1.29, 1.82) is 0 Å². The molecule has 0 radical (unpaired) electrons. The molecule has 0 saturated carbocycles. The first-order chi connectivity index (χ1) is 16.8. The van der Waals surface area contributed by atoms with Crippen LogP contribution < -0.4 is 5.32 Å². The molecular formula is C27H29N5O2. The van der Waals surface area contributed by atoms with E-state index in [0.717, 1.165) is 50.6 Å². The molecule has 34 heavy (non-hydrogen) atoms. The summed E-state index contributed by atoms with van der Waals surface area (Å²) >= 11 is 0. The van der Waals surface area contributed by atoms with Gasteiger partial charge in [-0.1, -0.05) is 48.5 Å². The number of carbonyl (C=O) groups is 1. The van der Waals surface area contributed by atoms with Crippen LogP contribution >= 0.6 is 0 Å². The van der Waals surface area contributed by atoms with Gasteiger partial charge in [-0.3, -0.25) is 14.6 Å². The van der Waals surface area contributed by atoms with Gasteiger partial charge in [0.15, 0.2) is 11.5 Å². The summed E-state index contributed by atoms with van der Waals surface area (Å²) in [5.41, 5.74) is 3.35. The third-order valence-electron chi connectivity index (χ3n) is 6.14. The Kier molecular flexibility index (Phi) is 6.84. The monoisotopic (exact) mass is 455 g/mol. The van der Waals surface area contributed by atoms with E-state index in [1.54, 1.807) is 17.0 Å². The number of carbonyl (C=O) groups excluding carboxylic acids is 1. The minimum Gasteiger partial charge on any atom is -0.463 e. The van der Waals surface area contributed by atoms with Gasteiger partial charge in [0.1, 0.15) is 5.69 Å². The molecule has 0 spiro atoms. The van der Waals surface area contributed by atoms with Gasteiger partial charge < -0.3 is 9.73 Å².